The number of nitrogens with two attached hydrogens (primary N) is 1. The van der Waals surface area contributed by atoms with Gasteiger partial charge in [0.25, 0.3) is 0 Å². The van der Waals surface area contributed by atoms with E-state index in [1.54, 1.807) is 0 Å². The topological polar surface area (TPSA) is 38.9 Å². The molecule has 0 radical (unpaired) electrons. The fraction of sp³-hybridized carbons (Fsp3) is 0.154. The maximum atomic E-state index is 6.29. The highest BCUT2D eigenvalue weighted by molar-refractivity contribution is 14.1. The number of aromatic nitrogens is 1. The van der Waals surface area contributed by atoms with Gasteiger partial charge >= 0.3 is 0 Å². The van der Waals surface area contributed by atoms with Crippen molar-refractivity contribution in [2.75, 3.05) is 0 Å². The Kier molecular flexibility index (Phi) is 4.17. The SMILES string of the molecule is Cc1cncc(C(N)c2cc(Br)ccc2I)c1. The normalized spacial score (nSPS) is 12.5. The average molecular weight is 403 g/mol. The Morgan fingerprint density at radius 1 is 1.29 bits per heavy atom. The first-order chi connectivity index (χ1) is 8.08. The summed E-state index contributed by atoms with van der Waals surface area (Å²) in [6.45, 7) is 2.02. The minimum atomic E-state index is -0.133. The van der Waals surface area contributed by atoms with Gasteiger partial charge in [-0.15, -0.1) is 0 Å². The molecule has 0 saturated heterocycles. The van der Waals surface area contributed by atoms with Crippen molar-refractivity contribution in [2.45, 2.75) is 13.0 Å². The highest BCUT2D eigenvalue weighted by Crippen LogP contribution is 2.27. The summed E-state index contributed by atoms with van der Waals surface area (Å²) in [5, 5.41) is 0. The van der Waals surface area contributed by atoms with Crippen LogP contribution in [-0.4, -0.2) is 4.98 Å². The molecule has 0 aliphatic carbocycles. The number of halogens is 2. The van der Waals surface area contributed by atoms with Gasteiger partial charge < -0.3 is 5.73 Å². The minimum absolute atomic E-state index is 0.133. The summed E-state index contributed by atoms with van der Waals surface area (Å²) in [5.74, 6) is 0. The van der Waals surface area contributed by atoms with Crippen LogP contribution in [0.3, 0.4) is 0 Å². The van der Waals surface area contributed by atoms with Crippen LogP contribution in [0, 0.1) is 10.5 Å². The maximum Gasteiger partial charge on any atom is 0.0577 e. The summed E-state index contributed by atoms with van der Waals surface area (Å²) < 4.78 is 2.21. The third kappa shape index (κ3) is 3.05. The molecule has 0 saturated carbocycles. The molecule has 1 aromatic heterocycles. The van der Waals surface area contributed by atoms with Crippen molar-refractivity contribution < 1.29 is 0 Å². The van der Waals surface area contributed by atoms with E-state index in [2.05, 4.69) is 61.7 Å². The number of pyridine rings is 1. The van der Waals surface area contributed by atoms with Gasteiger partial charge in [-0.3, -0.25) is 4.98 Å². The van der Waals surface area contributed by atoms with E-state index in [1.165, 1.54) is 3.57 Å². The molecular formula is C13H12BrIN2. The molecule has 1 heterocycles. The van der Waals surface area contributed by atoms with Gasteiger partial charge in [-0.1, -0.05) is 22.0 Å². The van der Waals surface area contributed by atoms with Crippen molar-refractivity contribution in [3.05, 3.63) is 61.4 Å². The van der Waals surface area contributed by atoms with Gasteiger partial charge in [0.1, 0.15) is 0 Å². The lowest BCUT2D eigenvalue weighted by molar-refractivity contribution is 0.854. The highest BCUT2D eigenvalue weighted by Gasteiger charge is 2.13. The van der Waals surface area contributed by atoms with Gasteiger partial charge in [-0.05, 0) is 64.4 Å². The van der Waals surface area contributed by atoms with Gasteiger partial charge in [0.15, 0.2) is 0 Å². The van der Waals surface area contributed by atoms with Gasteiger partial charge in [-0.25, -0.2) is 0 Å². The molecule has 1 atom stereocenters. The fourth-order valence-electron chi connectivity index (χ4n) is 1.68. The van der Waals surface area contributed by atoms with Crippen LogP contribution in [0.25, 0.3) is 0 Å². The summed E-state index contributed by atoms with van der Waals surface area (Å²) in [6, 6.07) is 8.09. The van der Waals surface area contributed by atoms with Crippen LogP contribution in [0.1, 0.15) is 22.7 Å². The number of rotatable bonds is 2. The predicted molar refractivity (Wildman–Crippen MR) is 81.9 cm³/mol. The van der Waals surface area contributed by atoms with Gasteiger partial charge in [0.2, 0.25) is 0 Å². The highest BCUT2D eigenvalue weighted by atomic mass is 127. The summed E-state index contributed by atoms with van der Waals surface area (Å²) in [5.41, 5.74) is 9.58. The Hall–Kier alpha value is -0.460. The molecule has 0 bridgehead atoms. The molecule has 0 amide bonds. The second kappa shape index (κ2) is 5.46. The first-order valence-corrected chi connectivity index (χ1v) is 7.07. The maximum absolute atomic E-state index is 6.29. The number of aryl methyl sites for hydroxylation is 1. The standard InChI is InChI=1S/C13H12BrIN2/c1-8-4-9(7-17-6-8)13(16)11-5-10(14)2-3-12(11)15/h2-7,13H,16H2,1H3. The summed E-state index contributed by atoms with van der Waals surface area (Å²) in [4.78, 5) is 4.19. The van der Waals surface area contributed by atoms with E-state index in [0.29, 0.717) is 0 Å². The Morgan fingerprint density at radius 2 is 2.06 bits per heavy atom. The fourth-order valence-corrected chi connectivity index (χ4v) is 2.73. The van der Waals surface area contributed by atoms with Crippen LogP contribution >= 0.6 is 38.5 Å². The average Bonchev–Trinajstić information content (AvgIpc) is 2.31. The summed E-state index contributed by atoms with van der Waals surface area (Å²) in [6.07, 6.45) is 3.66. The van der Waals surface area contributed by atoms with Crippen molar-refractivity contribution in [3.63, 3.8) is 0 Å². The lowest BCUT2D eigenvalue weighted by atomic mass is 10.0. The molecule has 0 aliphatic rings. The zero-order valence-corrected chi connectivity index (χ0v) is 13.1. The largest absolute Gasteiger partial charge is 0.320 e. The molecular weight excluding hydrogens is 391 g/mol. The Balaban J connectivity index is 2.43. The lowest BCUT2D eigenvalue weighted by Gasteiger charge is -2.15. The number of nitrogens with zero attached hydrogens (tertiary/aromatic N) is 1. The second-order valence-electron chi connectivity index (χ2n) is 3.94. The summed E-state index contributed by atoms with van der Waals surface area (Å²) >= 11 is 5.78. The van der Waals surface area contributed by atoms with E-state index in [9.17, 15) is 0 Å². The van der Waals surface area contributed by atoms with E-state index >= 15 is 0 Å². The van der Waals surface area contributed by atoms with Crippen LogP contribution in [0.5, 0.6) is 0 Å². The summed E-state index contributed by atoms with van der Waals surface area (Å²) in [7, 11) is 0. The third-order valence-electron chi connectivity index (χ3n) is 2.55. The van der Waals surface area contributed by atoms with E-state index < -0.39 is 0 Å². The quantitative estimate of drug-likeness (QED) is 0.776. The molecule has 2 nitrogen and oxygen atoms in total. The minimum Gasteiger partial charge on any atom is -0.320 e. The van der Waals surface area contributed by atoms with Gasteiger partial charge in [0.05, 0.1) is 6.04 Å². The van der Waals surface area contributed by atoms with Crippen LogP contribution in [0.15, 0.2) is 41.1 Å². The van der Waals surface area contributed by atoms with Crippen molar-refractivity contribution in [1.29, 1.82) is 0 Å². The zero-order valence-electron chi connectivity index (χ0n) is 9.32. The van der Waals surface area contributed by atoms with E-state index in [4.69, 9.17) is 5.73 Å². The van der Waals surface area contributed by atoms with Crippen molar-refractivity contribution in [3.8, 4) is 0 Å². The number of hydrogen-bond acceptors (Lipinski definition) is 2. The number of hydrogen-bond donors (Lipinski definition) is 1. The molecule has 0 spiro atoms. The van der Waals surface area contributed by atoms with E-state index in [-0.39, 0.29) is 6.04 Å². The first-order valence-electron chi connectivity index (χ1n) is 5.20. The Bertz CT molecular complexity index is 543. The molecule has 1 aromatic carbocycles. The van der Waals surface area contributed by atoms with Crippen LogP contribution in [-0.2, 0) is 0 Å². The lowest BCUT2D eigenvalue weighted by Crippen LogP contribution is -2.13. The van der Waals surface area contributed by atoms with Crippen molar-refractivity contribution in [2.24, 2.45) is 5.73 Å². The molecule has 4 heteroatoms. The third-order valence-corrected chi connectivity index (χ3v) is 4.02. The van der Waals surface area contributed by atoms with Crippen LogP contribution in [0.4, 0.5) is 0 Å². The van der Waals surface area contributed by atoms with Crippen molar-refractivity contribution in [1.82, 2.24) is 4.98 Å². The Morgan fingerprint density at radius 3 is 2.76 bits per heavy atom. The predicted octanol–water partition coefficient (Wildman–Crippen LogP) is 3.81. The van der Waals surface area contributed by atoms with E-state index in [0.717, 1.165) is 21.2 Å². The van der Waals surface area contributed by atoms with Crippen molar-refractivity contribution >= 4 is 38.5 Å². The second-order valence-corrected chi connectivity index (χ2v) is 6.02. The zero-order chi connectivity index (χ0) is 12.4. The molecule has 17 heavy (non-hydrogen) atoms. The molecule has 2 N–H and O–H groups in total. The van der Waals surface area contributed by atoms with Gasteiger partial charge in [0, 0.05) is 20.4 Å². The molecule has 1 unspecified atom stereocenters. The Labute approximate surface area is 123 Å². The smallest absolute Gasteiger partial charge is 0.0577 e. The van der Waals surface area contributed by atoms with Crippen LogP contribution < -0.4 is 5.73 Å². The molecule has 88 valence electrons. The molecule has 0 fully saturated rings. The first kappa shape index (κ1) is 13.0. The molecule has 0 aliphatic heterocycles. The monoisotopic (exact) mass is 402 g/mol. The van der Waals surface area contributed by atoms with Crippen LogP contribution in [0.2, 0.25) is 0 Å². The number of benzene rings is 1. The van der Waals surface area contributed by atoms with E-state index in [1.807, 2.05) is 25.4 Å². The molecule has 2 aromatic rings. The molecule has 2 rings (SSSR count). The van der Waals surface area contributed by atoms with Gasteiger partial charge in [-0.2, -0.15) is 0 Å².